The summed E-state index contributed by atoms with van der Waals surface area (Å²) in [7, 11) is 2.68. The highest BCUT2D eigenvalue weighted by Crippen LogP contribution is 2.20. The highest BCUT2D eigenvalue weighted by Gasteiger charge is 2.07. The topological polar surface area (TPSA) is 52.6 Å². The van der Waals surface area contributed by atoms with Gasteiger partial charge in [-0.2, -0.15) is 0 Å². The fourth-order valence-corrected chi connectivity index (χ4v) is 1.78. The number of carbonyl (C=O) groups excluding carboxylic acids is 2. The van der Waals surface area contributed by atoms with Crippen LogP contribution in [0.2, 0.25) is 0 Å². The van der Waals surface area contributed by atoms with Crippen molar-refractivity contribution in [2.45, 2.75) is 6.42 Å². The molecular formula is C13H13BrO4. The monoisotopic (exact) mass is 312 g/mol. The predicted octanol–water partition coefficient (Wildman–Crippen LogP) is 2.81. The maximum Gasteiger partial charge on any atom is 0.337 e. The third kappa shape index (κ3) is 4.00. The first-order chi connectivity index (χ1) is 8.58. The van der Waals surface area contributed by atoms with Gasteiger partial charge < -0.3 is 9.47 Å². The van der Waals surface area contributed by atoms with Gasteiger partial charge >= 0.3 is 11.9 Å². The van der Waals surface area contributed by atoms with E-state index in [9.17, 15) is 9.59 Å². The lowest BCUT2D eigenvalue weighted by Gasteiger charge is -2.02. The van der Waals surface area contributed by atoms with Crippen molar-refractivity contribution >= 4 is 33.9 Å². The SMILES string of the molecule is COC(=O)CC=Cc1ccc(C(=O)OC)cc1Br. The van der Waals surface area contributed by atoms with E-state index in [1.54, 1.807) is 30.4 Å². The van der Waals surface area contributed by atoms with Crippen molar-refractivity contribution in [3.8, 4) is 0 Å². The third-order valence-corrected chi connectivity index (χ3v) is 2.92. The van der Waals surface area contributed by atoms with E-state index in [1.807, 2.05) is 0 Å². The van der Waals surface area contributed by atoms with E-state index in [1.165, 1.54) is 14.2 Å². The second-order valence-corrected chi connectivity index (χ2v) is 4.26. The van der Waals surface area contributed by atoms with Gasteiger partial charge in [-0.05, 0) is 17.7 Å². The molecule has 5 heteroatoms. The van der Waals surface area contributed by atoms with Gasteiger partial charge in [-0.15, -0.1) is 0 Å². The lowest BCUT2D eigenvalue weighted by atomic mass is 10.1. The molecule has 0 aliphatic heterocycles. The van der Waals surface area contributed by atoms with Crippen molar-refractivity contribution in [3.63, 3.8) is 0 Å². The first-order valence-corrected chi connectivity index (χ1v) is 5.99. The molecule has 0 unspecified atom stereocenters. The van der Waals surface area contributed by atoms with Gasteiger partial charge in [0.05, 0.1) is 26.2 Å². The van der Waals surface area contributed by atoms with Crippen LogP contribution in [0.4, 0.5) is 0 Å². The smallest absolute Gasteiger partial charge is 0.337 e. The molecule has 1 aromatic carbocycles. The first kappa shape index (κ1) is 14.4. The van der Waals surface area contributed by atoms with Crippen LogP contribution >= 0.6 is 15.9 Å². The Morgan fingerprint density at radius 2 is 2.00 bits per heavy atom. The van der Waals surface area contributed by atoms with Crippen LogP contribution in [0.5, 0.6) is 0 Å². The normalized spacial score (nSPS) is 10.4. The number of esters is 2. The molecule has 0 spiro atoms. The lowest BCUT2D eigenvalue weighted by Crippen LogP contribution is -2.01. The molecule has 0 atom stereocenters. The van der Waals surface area contributed by atoms with Gasteiger partial charge in [-0.3, -0.25) is 4.79 Å². The molecule has 0 fully saturated rings. The van der Waals surface area contributed by atoms with Crippen molar-refractivity contribution in [3.05, 3.63) is 39.9 Å². The van der Waals surface area contributed by atoms with Crippen molar-refractivity contribution in [2.75, 3.05) is 14.2 Å². The zero-order valence-electron chi connectivity index (χ0n) is 10.1. The number of benzene rings is 1. The van der Waals surface area contributed by atoms with Gasteiger partial charge in [0.2, 0.25) is 0 Å². The molecule has 1 aromatic rings. The molecule has 0 bridgehead atoms. The summed E-state index contributed by atoms with van der Waals surface area (Å²) in [6, 6.07) is 5.10. The molecule has 0 aliphatic rings. The maximum atomic E-state index is 11.3. The molecule has 0 aliphatic carbocycles. The number of rotatable bonds is 4. The molecule has 0 heterocycles. The Kier molecular flexibility index (Phi) is 5.58. The number of ether oxygens (including phenoxy) is 2. The summed E-state index contributed by atoms with van der Waals surface area (Å²) in [6.07, 6.45) is 3.69. The fraction of sp³-hybridized carbons (Fsp3) is 0.231. The minimum Gasteiger partial charge on any atom is -0.469 e. The van der Waals surface area contributed by atoms with E-state index >= 15 is 0 Å². The van der Waals surface area contributed by atoms with Crippen LogP contribution in [0.25, 0.3) is 6.08 Å². The Hall–Kier alpha value is -1.62. The van der Waals surface area contributed by atoms with Crippen LogP contribution in [0.1, 0.15) is 22.3 Å². The molecule has 0 saturated carbocycles. The minimum atomic E-state index is -0.388. The Morgan fingerprint density at radius 3 is 2.56 bits per heavy atom. The lowest BCUT2D eigenvalue weighted by molar-refractivity contribution is -0.139. The van der Waals surface area contributed by atoms with Gasteiger partial charge in [0.1, 0.15) is 0 Å². The van der Waals surface area contributed by atoms with E-state index in [4.69, 9.17) is 0 Å². The Labute approximate surface area is 114 Å². The van der Waals surface area contributed by atoms with Crippen LogP contribution in [0, 0.1) is 0 Å². The molecule has 0 saturated heterocycles. The quantitative estimate of drug-likeness (QED) is 0.802. The summed E-state index contributed by atoms with van der Waals surface area (Å²) < 4.78 is 9.90. The van der Waals surface area contributed by atoms with Crippen LogP contribution < -0.4 is 0 Å². The van der Waals surface area contributed by atoms with Crippen LogP contribution in [0.3, 0.4) is 0 Å². The van der Waals surface area contributed by atoms with Crippen molar-refractivity contribution < 1.29 is 19.1 Å². The second-order valence-electron chi connectivity index (χ2n) is 3.41. The van der Waals surface area contributed by atoms with E-state index in [0.29, 0.717) is 5.56 Å². The number of halogens is 1. The highest BCUT2D eigenvalue weighted by molar-refractivity contribution is 9.10. The van der Waals surface area contributed by atoms with Gasteiger partial charge in [0, 0.05) is 4.47 Å². The maximum absolute atomic E-state index is 11.3. The second kappa shape index (κ2) is 6.96. The Balaban J connectivity index is 2.80. The molecule has 0 amide bonds. The summed E-state index contributed by atoms with van der Waals surface area (Å²) in [5.74, 6) is -0.686. The van der Waals surface area contributed by atoms with E-state index in [-0.39, 0.29) is 18.4 Å². The number of hydrogen-bond donors (Lipinski definition) is 0. The van der Waals surface area contributed by atoms with Crippen molar-refractivity contribution in [1.29, 1.82) is 0 Å². The molecule has 0 N–H and O–H groups in total. The Morgan fingerprint density at radius 1 is 1.28 bits per heavy atom. The van der Waals surface area contributed by atoms with E-state index in [2.05, 4.69) is 25.4 Å². The largest absolute Gasteiger partial charge is 0.469 e. The van der Waals surface area contributed by atoms with Gasteiger partial charge in [0.25, 0.3) is 0 Å². The zero-order valence-corrected chi connectivity index (χ0v) is 11.7. The molecular weight excluding hydrogens is 300 g/mol. The van der Waals surface area contributed by atoms with Gasteiger partial charge in [-0.25, -0.2) is 4.79 Å². The highest BCUT2D eigenvalue weighted by atomic mass is 79.9. The molecule has 18 heavy (non-hydrogen) atoms. The third-order valence-electron chi connectivity index (χ3n) is 2.23. The van der Waals surface area contributed by atoms with E-state index < -0.39 is 0 Å². The average molecular weight is 313 g/mol. The van der Waals surface area contributed by atoms with Crippen molar-refractivity contribution in [2.24, 2.45) is 0 Å². The first-order valence-electron chi connectivity index (χ1n) is 5.19. The minimum absolute atomic E-state index is 0.210. The zero-order chi connectivity index (χ0) is 13.5. The van der Waals surface area contributed by atoms with Gasteiger partial charge in [-0.1, -0.05) is 34.1 Å². The van der Waals surface area contributed by atoms with Crippen LogP contribution in [0.15, 0.2) is 28.7 Å². The summed E-state index contributed by atoms with van der Waals surface area (Å²) in [5.41, 5.74) is 1.33. The predicted molar refractivity (Wildman–Crippen MR) is 71.1 cm³/mol. The summed E-state index contributed by atoms with van der Waals surface area (Å²) in [6.45, 7) is 0. The molecule has 4 nitrogen and oxygen atoms in total. The van der Waals surface area contributed by atoms with Crippen LogP contribution in [-0.4, -0.2) is 26.2 Å². The number of methoxy groups -OCH3 is 2. The van der Waals surface area contributed by atoms with Crippen molar-refractivity contribution in [1.82, 2.24) is 0 Å². The van der Waals surface area contributed by atoms with Crippen LogP contribution in [-0.2, 0) is 14.3 Å². The average Bonchev–Trinajstić information content (AvgIpc) is 2.39. The molecule has 0 radical (unpaired) electrons. The number of hydrogen-bond acceptors (Lipinski definition) is 4. The Bertz CT molecular complexity index is 480. The van der Waals surface area contributed by atoms with Gasteiger partial charge in [0.15, 0.2) is 0 Å². The molecule has 1 rings (SSSR count). The summed E-state index contributed by atoms with van der Waals surface area (Å²) >= 11 is 3.35. The standard InChI is InChI=1S/C13H13BrO4/c1-17-12(15)5-3-4-9-6-7-10(8-11(9)14)13(16)18-2/h3-4,6-8H,5H2,1-2H3. The van der Waals surface area contributed by atoms with E-state index in [0.717, 1.165) is 10.0 Å². The molecule has 0 aromatic heterocycles. The summed E-state index contributed by atoms with van der Waals surface area (Å²) in [4.78, 5) is 22.2. The fourth-order valence-electron chi connectivity index (χ4n) is 1.27. The summed E-state index contributed by atoms with van der Waals surface area (Å²) in [5, 5.41) is 0. The number of carbonyl (C=O) groups is 2. The molecule has 96 valence electrons.